The summed E-state index contributed by atoms with van der Waals surface area (Å²) in [6.07, 6.45) is 5.31. The topological polar surface area (TPSA) is 29.0 Å². The van der Waals surface area contributed by atoms with Gasteiger partial charge in [0.2, 0.25) is 0 Å². The second kappa shape index (κ2) is 7.96. The van der Waals surface area contributed by atoms with E-state index in [0.717, 1.165) is 36.1 Å². The van der Waals surface area contributed by atoms with Crippen molar-refractivity contribution in [1.82, 2.24) is 9.97 Å². The summed E-state index contributed by atoms with van der Waals surface area (Å²) < 4.78 is 0. The molecule has 0 fully saturated rings. The molecule has 4 aromatic rings. The number of rotatable bonds is 5. The predicted molar refractivity (Wildman–Crippen MR) is 121 cm³/mol. The van der Waals surface area contributed by atoms with Gasteiger partial charge in [0.1, 0.15) is 17.0 Å². The van der Waals surface area contributed by atoms with Crippen molar-refractivity contribution in [3.05, 3.63) is 88.6 Å². The van der Waals surface area contributed by atoms with Crippen molar-refractivity contribution in [2.75, 3.05) is 4.90 Å². The van der Waals surface area contributed by atoms with Crippen LogP contribution in [-0.4, -0.2) is 9.97 Å². The molecule has 5 rings (SSSR count). The van der Waals surface area contributed by atoms with Crippen molar-refractivity contribution in [1.29, 1.82) is 0 Å². The minimum absolute atomic E-state index is 0.761. The number of thiophene rings is 1. The van der Waals surface area contributed by atoms with Crippen molar-refractivity contribution in [2.45, 2.75) is 39.3 Å². The van der Waals surface area contributed by atoms with Crippen LogP contribution in [-0.2, 0) is 25.9 Å². The summed E-state index contributed by atoms with van der Waals surface area (Å²) in [7, 11) is 0. The summed E-state index contributed by atoms with van der Waals surface area (Å²) in [5.41, 5.74) is 4.09. The fourth-order valence-corrected chi connectivity index (χ4v) is 5.66. The average Bonchev–Trinajstić information content (AvgIpc) is 3.12. The van der Waals surface area contributed by atoms with Crippen LogP contribution in [0.3, 0.4) is 0 Å². The van der Waals surface area contributed by atoms with Crippen LogP contribution in [0.1, 0.15) is 34.9 Å². The molecule has 2 aromatic carbocycles. The number of aryl methyl sites for hydroxylation is 1. The lowest BCUT2D eigenvalue weighted by molar-refractivity contribution is 0.509. The highest BCUT2D eigenvalue weighted by Crippen LogP contribution is 2.41. The van der Waals surface area contributed by atoms with Crippen LogP contribution >= 0.6 is 11.3 Å². The van der Waals surface area contributed by atoms with Crippen molar-refractivity contribution >= 4 is 27.4 Å². The lowest BCUT2D eigenvalue weighted by atomic mass is 9.89. The van der Waals surface area contributed by atoms with E-state index in [1.165, 1.54) is 39.8 Å². The zero-order valence-corrected chi connectivity index (χ0v) is 17.5. The Morgan fingerprint density at radius 2 is 1.59 bits per heavy atom. The maximum atomic E-state index is 4.82. The molecule has 0 amide bonds. The number of fused-ring (bicyclic) bond motifs is 3. The van der Waals surface area contributed by atoms with Crippen molar-refractivity contribution in [3.63, 3.8) is 0 Å². The first kappa shape index (κ1) is 18.3. The molecule has 0 aliphatic heterocycles. The molecule has 29 heavy (non-hydrogen) atoms. The fraction of sp³-hybridized carbons (Fsp3) is 0.280. The Labute approximate surface area is 176 Å². The normalized spacial score (nSPS) is 16.0. The third-order valence-electron chi connectivity index (χ3n) is 5.80. The lowest BCUT2D eigenvalue weighted by Gasteiger charge is -2.26. The van der Waals surface area contributed by atoms with Crippen LogP contribution in [0, 0.1) is 5.92 Å². The Balaban J connectivity index is 1.60. The standard InChI is InChI=1S/C25H25N3S/c1-18-12-13-21-22(14-18)29-25-23(21)24(26-17-27-25)28(15-19-8-4-2-5-9-19)16-20-10-6-3-7-11-20/h2-11,17-18H,12-16H2,1H3/t18-/m0/s1. The second-order valence-corrected chi connectivity index (χ2v) is 9.14. The zero-order valence-electron chi connectivity index (χ0n) is 16.7. The van der Waals surface area contributed by atoms with E-state index < -0.39 is 0 Å². The van der Waals surface area contributed by atoms with Gasteiger partial charge in [-0.3, -0.25) is 0 Å². The molecule has 1 aliphatic carbocycles. The Hall–Kier alpha value is -2.72. The Bertz CT molecular complexity index is 1060. The molecule has 2 heterocycles. The number of hydrogen-bond donors (Lipinski definition) is 0. The molecule has 0 N–H and O–H groups in total. The molecule has 0 spiro atoms. The van der Waals surface area contributed by atoms with E-state index in [0.29, 0.717) is 0 Å². The summed E-state index contributed by atoms with van der Waals surface area (Å²) in [6.45, 7) is 4.03. The van der Waals surface area contributed by atoms with Crippen LogP contribution in [0.4, 0.5) is 5.82 Å². The lowest BCUT2D eigenvalue weighted by Crippen LogP contribution is -2.23. The Morgan fingerprint density at radius 3 is 2.24 bits per heavy atom. The molecule has 3 nitrogen and oxygen atoms in total. The van der Waals surface area contributed by atoms with Gasteiger partial charge in [0.05, 0.1) is 5.39 Å². The highest BCUT2D eigenvalue weighted by atomic mass is 32.1. The van der Waals surface area contributed by atoms with Gasteiger partial charge in [-0.25, -0.2) is 9.97 Å². The van der Waals surface area contributed by atoms with Crippen LogP contribution in [0.25, 0.3) is 10.2 Å². The summed E-state index contributed by atoms with van der Waals surface area (Å²) in [4.78, 5) is 14.5. The van der Waals surface area contributed by atoms with Gasteiger partial charge < -0.3 is 4.90 Å². The summed E-state index contributed by atoms with van der Waals surface area (Å²) in [5, 5.41) is 1.28. The zero-order chi connectivity index (χ0) is 19.6. The molecule has 2 aromatic heterocycles. The van der Waals surface area contributed by atoms with Crippen LogP contribution in [0.5, 0.6) is 0 Å². The maximum absolute atomic E-state index is 4.82. The molecule has 0 bridgehead atoms. The number of anilines is 1. The van der Waals surface area contributed by atoms with E-state index in [2.05, 4.69) is 77.5 Å². The Morgan fingerprint density at radius 1 is 0.931 bits per heavy atom. The molecule has 0 saturated heterocycles. The van der Waals surface area contributed by atoms with Crippen LogP contribution in [0.2, 0.25) is 0 Å². The van der Waals surface area contributed by atoms with E-state index >= 15 is 0 Å². The van der Waals surface area contributed by atoms with Crippen LogP contribution < -0.4 is 4.90 Å². The summed E-state index contributed by atoms with van der Waals surface area (Å²) in [6, 6.07) is 21.4. The monoisotopic (exact) mass is 399 g/mol. The summed E-state index contributed by atoms with van der Waals surface area (Å²) in [5.74, 6) is 1.84. The largest absolute Gasteiger partial charge is 0.347 e. The van der Waals surface area contributed by atoms with E-state index in [1.807, 2.05) is 11.3 Å². The first-order valence-corrected chi connectivity index (χ1v) is 11.2. The van der Waals surface area contributed by atoms with Crippen molar-refractivity contribution < 1.29 is 0 Å². The molecule has 4 heteroatoms. The van der Waals surface area contributed by atoms with Crippen LogP contribution in [0.15, 0.2) is 67.0 Å². The molecule has 0 radical (unpaired) electrons. The first-order chi connectivity index (χ1) is 14.3. The molecular weight excluding hydrogens is 374 g/mol. The second-order valence-electron chi connectivity index (χ2n) is 8.06. The fourth-order valence-electron chi connectivity index (χ4n) is 4.31. The summed E-state index contributed by atoms with van der Waals surface area (Å²) >= 11 is 1.87. The van der Waals surface area contributed by atoms with E-state index in [4.69, 9.17) is 4.98 Å². The maximum Gasteiger partial charge on any atom is 0.141 e. The van der Waals surface area contributed by atoms with Gasteiger partial charge in [0.25, 0.3) is 0 Å². The third kappa shape index (κ3) is 3.77. The van der Waals surface area contributed by atoms with Gasteiger partial charge in [-0.15, -0.1) is 11.3 Å². The smallest absolute Gasteiger partial charge is 0.141 e. The number of nitrogens with zero attached hydrogens (tertiary/aromatic N) is 3. The highest BCUT2D eigenvalue weighted by molar-refractivity contribution is 7.19. The van der Waals surface area contributed by atoms with E-state index in [9.17, 15) is 0 Å². The predicted octanol–water partition coefficient (Wildman–Crippen LogP) is 6.02. The molecular formula is C25H25N3S. The van der Waals surface area contributed by atoms with Gasteiger partial charge in [0, 0.05) is 18.0 Å². The number of hydrogen-bond acceptors (Lipinski definition) is 4. The van der Waals surface area contributed by atoms with E-state index in [-0.39, 0.29) is 0 Å². The molecule has 0 saturated carbocycles. The Kier molecular flexibility index (Phi) is 5.03. The molecule has 146 valence electrons. The van der Waals surface area contributed by atoms with E-state index in [1.54, 1.807) is 6.33 Å². The third-order valence-corrected chi connectivity index (χ3v) is 6.97. The molecule has 1 aliphatic rings. The number of aromatic nitrogens is 2. The molecule has 1 atom stereocenters. The molecule has 0 unspecified atom stereocenters. The first-order valence-electron chi connectivity index (χ1n) is 10.4. The van der Waals surface area contributed by atoms with Gasteiger partial charge >= 0.3 is 0 Å². The minimum Gasteiger partial charge on any atom is -0.347 e. The quantitative estimate of drug-likeness (QED) is 0.411. The van der Waals surface area contributed by atoms with Gasteiger partial charge in [-0.05, 0) is 41.9 Å². The minimum atomic E-state index is 0.761. The average molecular weight is 400 g/mol. The number of benzene rings is 2. The van der Waals surface area contributed by atoms with Gasteiger partial charge in [-0.2, -0.15) is 0 Å². The highest BCUT2D eigenvalue weighted by Gasteiger charge is 2.25. The SMILES string of the molecule is C[C@H]1CCc2c(sc3ncnc(N(Cc4ccccc4)Cc4ccccc4)c23)C1. The van der Waals surface area contributed by atoms with Gasteiger partial charge in [0.15, 0.2) is 0 Å². The van der Waals surface area contributed by atoms with Crippen molar-refractivity contribution in [2.24, 2.45) is 5.92 Å². The van der Waals surface area contributed by atoms with Gasteiger partial charge in [-0.1, -0.05) is 67.6 Å². The van der Waals surface area contributed by atoms with Crippen molar-refractivity contribution in [3.8, 4) is 0 Å².